The van der Waals surface area contributed by atoms with Crippen LogP contribution in [0.4, 0.5) is 4.79 Å². The number of halogens is 3. The van der Waals surface area contributed by atoms with Gasteiger partial charge in [0.2, 0.25) is 5.91 Å². The second-order valence-electron chi connectivity index (χ2n) is 8.93. The lowest BCUT2D eigenvalue weighted by molar-refractivity contribution is -0.134. The number of benzene rings is 3. The Balaban J connectivity index is 1.40. The van der Waals surface area contributed by atoms with Crippen LogP contribution < -0.4 is 4.74 Å². The van der Waals surface area contributed by atoms with Crippen molar-refractivity contribution in [1.29, 1.82) is 0 Å². The van der Waals surface area contributed by atoms with Gasteiger partial charge in [-0.2, -0.15) is 0 Å². The number of hydrogen-bond donors (Lipinski definition) is 0. The van der Waals surface area contributed by atoms with E-state index in [9.17, 15) is 9.59 Å². The van der Waals surface area contributed by atoms with Crippen LogP contribution >= 0.6 is 39.1 Å². The summed E-state index contributed by atoms with van der Waals surface area (Å²) in [7, 11) is 3.29. The molecular weight excluding hydrogens is 595 g/mol. The van der Waals surface area contributed by atoms with E-state index in [4.69, 9.17) is 37.4 Å². The van der Waals surface area contributed by atoms with Crippen molar-refractivity contribution in [2.75, 3.05) is 20.7 Å². The van der Waals surface area contributed by atoms with Crippen LogP contribution in [0.25, 0.3) is 0 Å². The molecule has 0 bridgehead atoms. The fourth-order valence-corrected chi connectivity index (χ4v) is 4.96. The standard InChI is InChI=1S/C28H27BrCl2N2O5/c1-32(15-19-8-9-20(12-23(19)29)38-21-10-11-24(30)25(31)13-21)27(34)26-14-22(36-2)16-33(26)28(35)37-17-18-6-4-3-5-7-18/h3-13,22,26H,14-17H2,1-2H3/t22-,26+/m1/s1. The number of hydrogen-bond acceptors (Lipinski definition) is 5. The average Bonchev–Trinajstić information content (AvgIpc) is 3.36. The third-order valence-corrected chi connectivity index (χ3v) is 7.73. The molecule has 0 spiro atoms. The van der Waals surface area contributed by atoms with E-state index in [1.807, 2.05) is 48.5 Å². The van der Waals surface area contributed by atoms with E-state index in [1.54, 1.807) is 37.3 Å². The predicted octanol–water partition coefficient (Wildman–Crippen LogP) is 6.93. The molecule has 38 heavy (non-hydrogen) atoms. The number of nitrogens with zero attached hydrogens (tertiary/aromatic N) is 2. The molecule has 0 aliphatic carbocycles. The Bertz CT molecular complexity index is 1290. The maximum absolute atomic E-state index is 13.4. The Hall–Kier alpha value is -2.78. The number of amides is 2. The van der Waals surface area contributed by atoms with E-state index in [-0.39, 0.29) is 18.6 Å². The lowest BCUT2D eigenvalue weighted by Gasteiger charge is -2.27. The molecular formula is C28H27BrCl2N2O5. The summed E-state index contributed by atoms with van der Waals surface area (Å²) in [5.41, 5.74) is 1.75. The van der Waals surface area contributed by atoms with Gasteiger partial charge in [0.25, 0.3) is 0 Å². The van der Waals surface area contributed by atoms with Crippen molar-refractivity contribution in [3.63, 3.8) is 0 Å². The van der Waals surface area contributed by atoms with E-state index < -0.39 is 12.1 Å². The van der Waals surface area contributed by atoms with Crippen LogP contribution in [0, 0.1) is 0 Å². The van der Waals surface area contributed by atoms with Gasteiger partial charge in [0.1, 0.15) is 24.1 Å². The van der Waals surface area contributed by atoms with E-state index in [0.29, 0.717) is 41.1 Å². The number of ether oxygens (including phenoxy) is 3. The van der Waals surface area contributed by atoms with Crippen LogP contribution in [0.1, 0.15) is 17.5 Å². The molecule has 4 rings (SSSR count). The zero-order chi connectivity index (χ0) is 27.2. The molecule has 7 nitrogen and oxygen atoms in total. The normalized spacial score (nSPS) is 16.8. The number of carbonyl (C=O) groups excluding carboxylic acids is 2. The minimum absolute atomic E-state index is 0.133. The second-order valence-corrected chi connectivity index (χ2v) is 10.6. The third kappa shape index (κ3) is 6.99. The summed E-state index contributed by atoms with van der Waals surface area (Å²) in [5, 5.41) is 0.853. The van der Waals surface area contributed by atoms with Crippen LogP contribution in [0.5, 0.6) is 11.5 Å². The zero-order valence-corrected chi connectivity index (χ0v) is 24.0. The molecule has 0 N–H and O–H groups in total. The largest absolute Gasteiger partial charge is 0.457 e. The van der Waals surface area contributed by atoms with Crippen molar-refractivity contribution in [1.82, 2.24) is 9.80 Å². The van der Waals surface area contributed by atoms with Gasteiger partial charge in [0.15, 0.2) is 0 Å². The van der Waals surface area contributed by atoms with Crippen molar-refractivity contribution in [2.45, 2.75) is 31.7 Å². The molecule has 3 aromatic rings. The minimum Gasteiger partial charge on any atom is -0.457 e. The zero-order valence-electron chi connectivity index (χ0n) is 20.9. The lowest BCUT2D eigenvalue weighted by Crippen LogP contribution is -2.46. The van der Waals surface area contributed by atoms with Crippen LogP contribution in [-0.4, -0.2) is 54.6 Å². The van der Waals surface area contributed by atoms with Gasteiger partial charge in [-0.3, -0.25) is 9.69 Å². The highest BCUT2D eigenvalue weighted by Gasteiger charge is 2.42. The Labute approximate surface area is 240 Å². The third-order valence-electron chi connectivity index (χ3n) is 6.26. The van der Waals surface area contributed by atoms with E-state index in [1.165, 1.54) is 4.90 Å². The molecule has 0 aromatic heterocycles. The molecule has 1 aliphatic heterocycles. The first kappa shape index (κ1) is 28.2. The minimum atomic E-state index is -0.677. The van der Waals surface area contributed by atoms with E-state index in [0.717, 1.165) is 15.6 Å². The fourth-order valence-electron chi connectivity index (χ4n) is 4.19. The van der Waals surface area contributed by atoms with Gasteiger partial charge in [-0.15, -0.1) is 0 Å². The maximum Gasteiger partial charge on any atom is 0.410 e. The molecule has 200 valence electrons. The first-order valence-electron chi connectivity index (χ1n) is 11.9. The van der Waals surface area contributed by atoms with Gasteiger partial charge >= 0.3 is 6.09 Å². The quantitative estimate of drug-likeness (QED) is 0.273. The Morgan fingerprint density at radius 3 is 2.42 bits per heavy atom. The summed E-state index contributed by atoms with van der Waals surface area (Å²) in [6.07, 6.45) is -0.381. The van der Waals surface area contributed by atoms with Gasteiger partial charge in [0, 0.05) is 37.7 Å². The first-order chi connectivity index (χ1) is 18.2. The molecule has 1 aliphatic rings. The van der Waals surface area contributed by atoms with Crippen molar-refractivity contribution < 1.29 is 23.8 Å². The molecule has 1 fully saturated rings. The van der Waals surface area contributed by atoms with Gasteiger partial charge < -0.3 is 19.1 Å². The predicted molar refractivity (Wildman–Crippen MR) is 150 cm³/mol. The molecule has 2 amide bonds. The summed E-state index contributed by atoms with van der Waals surface area (Å²) < 4.78 is 17.6. The first-order valence-corrected chi connectivity index (χ1v) is 13.5. The molecule has 0 radical (unpaired) electrons. The Morgan fingerprint density at radius 1 is 1.03 bits per heavy atom. The van der Waals surface area contributed by atoms with Crippen LogP contribution in [0.3, 0.4) is 0 Å². The smallest absolute Gasteiger partial charge is 0.410 e. The maximum atomic E-state index is 13.4. The summed E-state index contributed by atoms with van der Waals surface area (Å²) in [6.45, 7) is 0.750. The number of rotatable bonds is 8. The molecule has 1 saturated heterocycles. The average molecular weight is 622 g/mol. The lowest BCUT2D eigenvalue weighted by atomic mass is 10.1. The topological polar surface area (TPSA) is 68.3 Å². The monoisotopic (exact) mass is 620 g/mol. The summed E-state index contributed by atoms with van der Waals surface area (Å²) in [6, 6.07) is 19.3. The van der Waals surface area contributed by atoms with Crippen LogP contribution in [0.2, 0.25) is 10.0 Å². The van der Waals surface area contributed by atoms with Gasteiger partial charge in [0.05, 0.1) is 22.7 Å². The highest BCUT2D eigenvalue weighted by atomic mass is 79.9. The second kappa shape index (κ2) is 12.8. The van der Waals surface area contributed by atoms with Gasteiger partial charge in [-0.25, -0.2) is 4.79 Å². The highest BCUT2D eigenvalue weighted by Crippen LogP contribution is 2.32. The molecule has 0 saturated carbocycles. The van der Waals surface area contributed by atoms with Crippen molar-refractivity contribution >= 4 is 51.1 Å². The Morgan fingerprint density at radius 2 is 1.74 bits per heavy atom. The van der Waals surface area contributed by atoms with Crippen LogP contribution in [-0.2, 0) is 27.4 Å². The molecule has 3 aromatic carbocycles. The van der Waals surface area contributed by atoms with Crippen molar-refractivity contribution in [3.05, 3.63) is 92.4 Å². The number of carbonyl (C=O) groups is 2. The number of likely N-dealkylation sites (tertiary alicyclic amines) is 1. The van der Waals surface area contributed by atoms with Gasteiger partial charge in [-0.05, 0) is 35.4 Å². The van der Waals surface area contributed by atoms with Gasteiger partial charge in [-0.1, -0.05) is 75.5 Å². The highest BCUT2D eigenvalue weighted by molar-refractivity contribution is 9.10. The van der Waals surface area contributed by atoms with Crippen LogP contribution in [0.15, 0.2) is 71.2 Å². The van der Waals surface area contributed by atoms with E-state index in [2.05, 4.69) is 15.9 Å². The molecule has 0 unspecified atom stereocenters. The van der Waals surface area contributed by atoms with Crippen molar-refractivity contribution in [3.8, 4) is 11.5 Å². The summed E-state index contributed by atoms with van der Waals surface area (Å²) in [4.78, 5) is 29.4. The number of likely N-dealkylation sites (N-methyl/N-ethyl adjacent to an activating group) is 1. The van der Waals surface area contributed by atoms with Crippen molar-refractivity contribution in [2.24, 2.45) is 0 Å². The SMILES string of the molecule is CO[C@@H]1C[C@@H](C(=O)N(C)Cc2ccc(Oc3ccc(Cl)c(Cl)c3)cc2Br)N(C(=O)OCc2ccccc2)C1. The molecule has 1 heterocycles. The van der Waals surface area contributed by atoms with E-state index >= 15 is 0 Å². The number of methoxy groups -OCH3 is 1. The Kier molecular flexibility index (Phi) is 9.54. The molecule has 2 atom stereocenters. The fraction of sp³-hybridized carbons (Fsp3) is 0.286. The molecule has 10 heteroatoms. The summed E-state index contributed by atoms with van der Waals surface area (Å²) >= 11 is 15.6. The summed E-state index contributed by atoms with van der Waals surface area (Å²) in [5.74, 6) is 0.961.